The Balaban J connectivity index is 2.78. The first-order valence-corrected chi connectivity index (χ1v) is 7.37. The summed E-state index contributed by atoms with van der Waals surface area (Å²) in [5.41, 5.74) is 0.638. The number of nitrogens with one attached hydrogen (secondary N) is 1. The minimum absolute atomic E-state index is 0.318. The van der Waals surface area contributed by atoms with Gasteiger partial charge in [-0.05, 0) is 18.3 Å². The smallest absolute Gasteiger partial charge is 0.0589 e. The van der Waals surface area contributed by atoms with E-state index in [9.17, 15) is 0 Å². The van der Waals surface area contributed by atoms with Crippen LogP contribution in [0.3, 0.4) is 0 Å². The van der Waals surface area contributed by atoms with E-state index in [-0.39, 0.29) is 0 Å². The van der Waals surface area contributed by atoms with Crippen LogP contribution < -0.4 is 5.32 Å². The molecule has 0 aromatic rings. The molecule has 3 nitrogen and oxygen atoms in total. The molecule has 0 aromatic carbocycles. The summed E-state index contributed by atoms with van der Waals surface area (Å²) in [6.07, 6.45) is 2.41. The first-order chi connectivity index (χ1) is 8.39. The van der Waals surface area contributed by atoms with Crippen LogP contribution in [0, 0.1) is 5.41 Å². The van der Waals surface area contributed by atoms with Crippen LogP contribution >= 0.6 is 0 Å². The Bertz CT molecular complexity index is 243. The SMILES string of the molecule is CCC1(CC)CNC(C(C)(C)C)CN1CCOC. The molecule has 1 aliphatic heterocycles. The van der Waals surface area contributed by atoms with Crippen LogP contribution in [0.1, 0.15) is 47.5 Å². The molecule has 1 aliphatic rings. The van der Waals surface area contributed by atoms with Crippen LogP contribution in [0.4, 0.5) is 0 Å². The van der Waals surface area contributed by atoms with E-state index in [2.05, 4.69) is 44.8 Å². The molecule has 0 aromatic heterocycles. The van der Waals surface area contributed by atoms with E-state index in [0.717, 1.165) is 26.2 Å². The summed E-state index contributed by atoms with van der Waals surface area (Å²) >= 11 is 0. The van der Waals surface area contributed by atoms with Gasteiger partial charge in [-0.15, -0.1) is 0 Å². The van der Waals surface area contributed by atoms with Gasteiger partial charge >= 0.3 is 0 Å². The molecule has 1 atom stereocenters. The van der Waals surface area contributed by atoms with Crippen molar-refractivity contribution < 1.29 is 4.74 Å². The largest absolute Gasteiger partial charge is 0.383 e. The predicted molar refractivity (Wildman–Crippen MR) is 78.0 cm³/mol. The summed E-state index contributed by atoms with van der Waals surface area (Å²) in [4.78, 5) is 2.66. The molecule has 0 bridgehead atoms. The summed E-state index contributed by atoms with van der Waals surface area (Å²) in [5.74, 6) is 0. The molecule has 1 rings (SSSR count). The van der Waals surface area contributed by atoms with E-state index in [0.29, 0.717) is 17.0 Å². The molecule has 1 fully saturated rings. The molecular weight excluding hydrogens is 224 g/mol. The van der Waals surface area contributed by atoms with Gasteiger partial charge in [0.2, 0.25) is 0 Å². The molecule has 1 N–H and O–H groups in total. The fourth-order valence-corrected chi connectivity index (χ4v) is 2.96. The molecular formula is C15H32N2O. The lowest BCUT2D eigenvalue weighted by molar-refractivity contribution is -0.00693. The van der Waals surface area contributed by atoms with E-state index in [1.165, 1.54) is 12.8 Å². The van der Waals surface area contributed by atoms with Gasteiger partial charge in [0.1, 0.15) is 0 Å². The van der Waals surface area contributed by atoms with Crippen LogP contribution in [0.2, 0.25) is 0 Å². The van der Waals surface area contributed by atoms with Gasteiger partial charge in [0, 0.05) is 38.3 Å². The Kier molecular flexibility index (Phi) is 5.63. The minimum Gasteiger partial charge on any atom is -0.383 e. The zero-order valence-corrected chi connectivity index (χ0v) is 13.2. The van der Waals surface area contributed by atoms with E-state index in [4.69, 9.17) is 4.74 Å². The van der Waals surface area contributed by atoms with Crippen LogP contribution in [0.15, 0.2) is 0 Å². The van der Waals surface area contributed by atoms with E-state index >= 15 is 0 Å². The zero-order valence-electron chi connectivity index (χ0n) is 13.2. The molecule has 1 heterocycles. The lowest BCUT2D eigenvalue weighted by Gasteiger charge is -2.52. The summed E-state index contributed by atoms with van der Waals surface area (Å²) in [5, 5.41) is 3.78. The van der Waals surface area contributed by atoms with Gasteiger partial charge in [-0.3, -0.25) is 4.90 Å². The second-order valence-corrected chi connectivity index (χ2v) is 6.67. The molecule has 0 spiro atoms. The first kappa shape index (κ1) is 15.9. The fraction of sp³-hybridized carbons (Fsp3) is 1.00. The summed E-state index contributed by atoms with van der Waals surface area (Å²) in [6, 6.07) is 0.570. The Morgan fingerprint density at radius 2 is 1.89 bits per heavy atom. The maximum atomic E-state index is 5.29. The Morgan fingerprint density at radius 1 is 1.28 bits per heavy atom. The van der Waals surface area contributed by atoms with Gasteiger partial charge in [-0.2, -0.15) is 0 Å². The van der Waals surface area contributed by atoms with Crippen molar-refractivity contribution in [2.75, 3.05) is 33.4 Å². The third-order valence-corrected chi connectivity index (χ3v) is 4.68. The van der Waals surface area contributed by atoms with Gasteiger partial charge in [-0.25, -0.2) is 0 Å². The minimum atomic E-state index is 0.318. The van der Waals surface area contributed by atoms with E-state index in [1.54, 1.807) is 7.11 Å². The first-order valence-electron chi connectivity index (χ1n) is 7.37. The quantitative estimate of drug-likeness (QED) is 0.818. The van der Waals surface area contributed by atoms with Crippen molar-refractivity contribution in [2.45, 2.75) is 59.0 Å². The molecule has 3 heteroatoms. The maximum Gasteiger partial charge on any atom is 0.0589 e. The molecule has 1 saturated heterocycles. The lowest BCUT2D eigenvalue weighted by atomic mass is 9.80. The third-order valence-electron chi connectivity index (χ3n) is 4.68. The second kappa shape index (κ2) is 6.36. The highest BCUT2D eigenvalue weighted by molar-refractivity contribution is 5.00. The van der Waals surface area contributed by atoms with Gasteiger partial charge < -0.3 is 10.1 Å². The van der Waals surface area contributed by atoms with Gasteiger partial charge in [0.05, 0.1) is 6.61 Å². The van der Waals surface area contributed by atoms with Gasteiger partial charge in [-0.1, -0.05) is 34.6 Å². The van der Waals surface area contributed by atoms with Crippen molar-refractivity contribution in [1.29, 1.82) is 0 Å². The lowest BCUT2D eigenvalue weighted by Crippen LogP contribution is -2.67. The zero-order chi connectivity index (χ0) is 13.8. The number of hydrogen-bond acceptors (Lipinski definition) is 3. The van der Waals surface area contributed by atoms with Crippen molar-refractivity contribution in [3.05, 3.63) is 0 Å². The van der Waals surface area contributed by atoms with Crippen molar-refractivity contribution in [1.82, 2.24) is 10.2 Å². The fourth-order valence-electron chi connectivity index (χ4n) is 2.96. The topological polar surface area (TPSA) is 24.5 Å². The summed E-state index contributed by atoms with van der Waals surface area (Å²) < 4.78 is 5.29. The van der Waals surface area contributed by atoms with Crippen LogP contribution in [-0.2, 0) is 4.74 Å². The molecule has 0 aliphatic carbocycles. The molecule has 1 unspecified atom stereocenters. The number of rotatable bonds is 5. The number of piperazine rings is 1. The highest BCUT2D eigenvalue weighted by atomic mass is 16.5. The normalized spacial score (nSPS) is 25.3. The standard InChI is InChI=1S/C15H32N2O/c1-7-15(8-2)12-16-13(14(3,4)5)11-17(15)9-10-18-6/h13,16H,7-12H2,1-6H3. The average Bonchev–Trinajstić information content (AvgIpc) is 2.34. The maximum absolute atomic E-state index is 5.29. The molecule has 0 amide bonds. The van der Waals surface area contributed by atoms with Crippen LogP contribution in [0.5, 0.6) is 0 Å². The monoisotopic (exact) mass is 256 g/mol. The van der Waals surface area contributed by atoms with Gasteiger partial charge in [0.15, 0.2) is 0 Å². The molecule has 0 radical (unpaired) electrons. The number of nitrogens with zero attached hydrogens (tertiary/aromatic N) is 1. The number of hydrogen-bond donors (Lipinski definition) is 1. The summed E-state index contributed by atoms with van der Waals surface area (Å²) in [7, 11) is 1.79. The van der Waals surface area contributed by atoms with Crippen LogP contribution in [0.25, 0.3) is 0 Å². The van der Waals surface area contributed by atoms with Crippen molar-refractivity contribution in [3.8, 4) is 0 Å². The molecule has 108 valence electrons. The Hall–Kier alpha value is -0.120. The summed E-state index contributed by atoms with van der Waals surface area (Å²) in [6.45, 7) is 15.7. The van der Waals surface area contributed by atoms with Gasteiger partial charge in [0.25, 0.3) is 0 Å². The Morgan fingerprint density at radius 3 is 2.33 bits per heavy atom. The van der Waals surface area contributed by atoms with E-state index in [1.807, 2.05) is 0 Å². The third kappa shape index (κ3) is 3.46. The van der Waals surface area contributed by atoms with Crippen molar-refractivity contribution >= 4 is 0 Å². The molecule has 18 heavy (non-hydrogen) atoms. The molecule has 0 saturated carbocycles. The average molecular weight is 256 g/mol. The number of methoxy groups -OCH3 is 1. The Labute approximate surface area is 113 Å². The second-order valence-electron chi connectivity index (χ2n) is 6.67. The highest BCUT2D eigenvalue weighted by Crippen LogP contribution is 2.31. The van der Waals surface area contributed by atoms with Crippen LogP contribution in [-0.4, -0.2) is 49.8 Å². The number of ether oxygens (including phenoxy) is 1. The highest BCUT2D eigenvalue weighted by Gasteiger charge is 2.41. The van der Waals surface area contributed by atoms with E-state index < -0.39 is 0 Å². The predicted octanol–water partition coefficient (Wildman–Crippen LogP) is 2.51. The van der Waals surface area contributed by atoms with Crippen molar-refractivity contribution in [3.63, 3.8) is 0 Å². The van der Waals surface area contributed by atoms with Crippen molar-refractivity contribution in [2.24, 2.45) is 5.41 Å².